The largest absolute Gasteiger partial charge is 0.309 e. The van der Waals surface area contributed by atoms with Gasteiger partial charge in [-0.15, -0.1) is 0 Å². The number of fused-ring (bicyclic) bond motifs is 12. The molecule has 0 atom stereocenters. The van der Waals surface area contributed by atoms with Crippen LogP contribution in [0.2, 0.25) is 0 Å². The number of nitrogens with zero attached hydrogens (tertiary/aromatic N) is 8. The van der Waals surface area contributed by atoms with E-state index in [0.29, 0.717) is 11.6 Å². The van der Waals surface area contributed by atoms with Crippen LogP contribution in [-0.4, -0.2) is 38.2 Å². The molecular weight excluding hydrogens is 1290 g/mol. The molecule has 0 unspecified atom stereocenters. The third-order valence-corrected chi connectivity index (χ3v) is 21.1. The molecule has 21 rings (SSSR count). The fraction of sp³-hybridized carbons (Fsp3) is 0. The Labute approximate surface area is 610 Å². The number of benzene rings is 15. The van der Waals surface area contributed by atoms with Gasteiger partial charge < -0.3 is 18.3 Å². The maximum absolute atomic E-state index is 5.54. The summed E-state index contributed by atoms with van der Waals surface area (Å²) in [5.74, 6) is 1.30. The number of aromatic nitrogens is 8. The first-order valence-corrected chi connectivity index (χ1v) is 36.0. The van der Waals surface area contributed by atoms with Gasteiger partial charge in [0.15, 0.2) is 11.6 Å². The molecule has 0 spiro atoms. The molecule has 0 N–H and O–H groups in total. The molecule has 8 heteroatoms. The molecule has 6 heterocycles. The zero-order chi connectivity index (χ0) is 69.8. The van der Waals surface area contributed by atoms with E-state index in [9.17, 15) is 0 Å². The van der Waals surface area contributed by atoms with Crippen LogP contribution in [0.4, 0.5) is 0 Å². The molecular formula is C98H62N8. The Balaban J connectivity index is 0.728. The molecule has 494 valence electrons. The van der Waals surface area contributed by atoms with Gasteiger partial charge in [0.2, 0.25) is 0 Å². The number of rotatable bonds is 12. The van der Waals surface area contributed by atoms with Crippen molar-refractivity contribution in [3.8, 4) is 113 Å². The Morgan fingerprint density at radius 3 is 0.774 bits per heavy atom. The highest BCUT2D eigenvalue weighted by molar-refractivity contribution is 6.13. The third kappa shape index (κ3) is 10.1. The maximum Gasteiger partial charge on any atom is 0.160 e. The molecule has 0 amide bonds. The van der Waals surface area contributed by atoms with Gasteiger partial charge in [-0.05, 0) is 131 Å². The molecule has 6 aromatic heterocycles. The average Bonchev–Trinajstić information content (AvgIpc) is 1.55. The van der Waals surface area contributed by atoms with Crippen LogP contribution in [0.25, 0.3) is 200 Å². The molecule has 0 aliphatic heterocycles. The highest BCUT2D eigenvalue weighted by Crippen LogP contribution is 2.43. The Bertz CT molecular complexity index is 6770. The monoisotopic (exact) mass is 1350 g/mol. The van der Waals surface area contributed by atoms with Gasteiger partial charge in [0.1, 0.15) is 0 Å². The highest BCUT2D eigenvalue weighted by Gasteiger charge is 2.23. The van der Waals surface area contributed by atoms with Crippen LogP contribution in [0.1, 0.15) is 0 Å². The summed E-state index contributed by atoms with van der Waals surface area (Å²) in [6.45, 7) is 0. The summed E-state index contributed by atoms with van der Waals surface area (Å²) in [5.41, 5.74) is 26.5. The van der Waals surface area contributed by atoms with Crippen molar-refractivity contribution in [3.63, 3.8) is 0 Å². The first-order valence-electron chi connectivity index (χ1n) is 36.0. The summed E-state index contributed by atoms with van der Waals surface area (Å²) in [6.07, 6.45) is 0. The lowest BCUT2D eigenvalue weighted by molar-refractivity contribution is 1.13. The van der Waals surface area contributed by atoms with Crippen molar-refractivity contribution in [1.82, 2.24) is 38.2 Å². The molecule has 0 aliphatic rings. The quantitative estimate of drug-likeness (QED) is 0.122. The Morgan fingerprint density at radius 2 is 0.396 bits per heavy atom. The van der Waals surface area contributed by atoms with E-state index in [0.717, 1.165) is 151 Å². The standard InChI is InChI=1S/C98H62N8/c1-4-25-63(26-5-1)64-47-49-65(50-48-64)85-61-87(101-97(99-85)66-27-6-2-7-28-66)71-54-75(105-93-44-21-14-37-81(93)82-38-15-22-45-94(82)105)60-76(57-71)106-95-46-23-16-39-83(95)84-58-69(51-52-96(84)106)68-31-24-32-70(53-68)86-62-88(102-98(100-86)67-29-8-3-9-30-67)72-55-73(103-89-40-17-10-33-77(89)78-34-11-18-41-90(78)103)59-74(56-72)104-91-42-19-12-35-79(91)80-36-13-20-43-92(80)104/h1-62H. The van der Waals surface area contributed by atoms with Gasteiger partial charge in [0.25, 0.3) is 0 Å². The molecule has 15 aromatic carbocycles. The fourth-order valence-electron chi connectivity index (χ4n) is 16.3. The van der Waals surface area contributed by atoms with Crippen LogP contribution >= 0.6 is 0 Å². The van der Waals surface area contributed by atoms with E-state index in [2.05, 4.69) is 382 Å². The lowest BCUT2D eigenvalue weighted by Crippen LogP contribution is -2.02. The van der Waals surface area contributed by atoms with Crippen LogP contribution in [-0.2, 0) is 0 Å². The third-order valence-electron chi connectivity index (χ3n) is 21.1. The van der Waals surface area contributed by atoms with E-state index in [1.54, 1.807) is 0 Å². The summed E-state index contributed by atoms with van der Waals surface area (Å²) in [5, 5.41) is 9.46. The van der Waals surface area contributed by atoms with Crippen molar-refractivity contribution in [1.29, 1.82) is 0 Å². The molecule has 21 aromatic rings. The lowest BCUT2D eigenvalue weighted by atomic mass is 9.99. The minimum Gasteiger partial charge on any atom is -0.309 e. The van der Waals surface area contributed by atoms with Crippen molar-refractivity contribution < 1.29 is 0 Å². The second-order valence-corrected chi connectivity index (χ2v) is 27.4. The first-order chi connectivity index (χ1) is 52.5. The van der Waals surface area contributed by atoms with E-state index >= 15 is 0 Å². The van der Waals surface area contributed by atoms with E-state index < -0.39 is 0 Å². The van der Waals surface area contributed by atoms with Crippen LogP contribution in [0.15, 0.2) is 376 Å². The number of para-hydroxylation sites is 7. The van der Waals surface area contributed by atoms with Crippen LogP contribution in [0.3, 0.4) is 0 Å². The SMILES string of the molecule is c1ccc(-c2ccc(-c3cc(-c4cc(-n5c6ccccc6c6ccccc65)cc(-n5c6ccccc6c6cc(-c7cccc(-c8cc(-c9cc(-n%10c%11ccccc%11c%11ccccc%11%10)cc(-n%10c%11ccccc%11c%11ccccc%11%10)c9)nc(-c9ccccc9)n8)c7)ccc65)c4)nc(-c4ccccc4)n3)cc2)cc1. The minimum absolute atomic E-state index is 0.643. The molecule has 0 bridgehead atoms. The van der Waals surface area contributed by atoms with Crippen molar-refractivity contribution in [2.75, 3.05) is 0 Å². The second-order valence-electron chi connectivity index (χ2n) is 27.4. The van der Waals surface area contributed by atoms with Gasteiger partial charge in [0.05, 0.1) is 66.9 Å². The van der Waals surface area contributed by atoms with Gasteiger partial charge in [-0.2, -0.15) is 0 Å². The number of hydrogen-bond donors (Lipinski definition) is 0. The minimum atomic E-state index is 0.643. The predicted octanol–water partition coefficient (Wildman–Crippen LogP) is 25.0. The average molecular weight is 1350 g/mol. The smallest absolute Gasteiger partial charge is 0.160 e. The molecule has 0 saturated carbocycles. The summed E-state index contributed by atoms with van der Waals surface area (Å²) >= 11 is 0. The Kier molecular flexibility index (Phi) is 14.1. The summed E-state index contributed by atoms with van der Waals surface area (Å²) in [6, 6.07) is 135. The van der Waals surface area contributed by atoms with Crippen LogP contribution in [0, 0.1) is 0 Å². The van der Waals surface area contributed by atoms with Gasteiger partial charge in [0, 0.05) is 99.2 Å². The first kappa shape index (κ1) is 60.4. The van der Waals surface area contributed by atoms with Crippen LogP contribution in [0.5, 0.6) is 0 Å². The normalized spacial score (nSPS) is 11.8. The molecule has 0 radical (unpaired) electrons. The van der Waals surface area contributed by atoms with Crippen molar-refractivity contribution in [3.05, 3.63) is 376 Å². The maximum atomic E-state index is 5.54. The summed E-state index contributed by atoms with van der Waals surface area (Å²) in [7, 11) is 0. The van der Waals surface area contributed by atoms with Gasteiger partial charge in [-0.3, -0.25) is 0 Å². The predicted molar refractivity (Wildman–Crippen MR) is 438 cm³/mol. The molecule has 106 heavy (non-hydrogen) atoms. The Hall–Kier alpha value is -14.3. The van der Waals surface area contributed by atoms with Crippen molar-refractivity contribution >= 4 is 87.2 Å². The van der Waals surface area contributed by atoms with Gasteiger partial charge in [-0.25, -0.2) is 19.9 Å². The summed E-state index contributed by atoms with van der Waals surface area (Å²) in [4.78, 5) is 21.8. The highest BCUT2D eigenvalue weighted by atomic mass is 15.0. The van der Waals surface area contributed by atoms with E-state index in [1.807, 2.05) is 12.1 Å². The molecule has 8 nitrogen and oxygen atoms in total. The molecule has 0 fully saturated rings. The van der Waals surface area contributed by atoms with Crippen molar-refractivity contribution in [2.24, 2.45) is 0 Å². The molecule has 0 aliphatic carbocycles. The zero-order valence-corrected chi connectivity index (χ0v) is 57.4. The zero-order valence-electron chi connectivity index (χ0n) is 57.4. The van der Waals surface area contributed by atoms with Crippen LogP contribution < -0.4 is 0 Å². The van der Waals surface area contributed by atoms with E-state index in [-0.39, 0.29) is 0 Å². The van der Waals surface area contributed by atoms with Crippen molar-refractivity contribution in [2.45, 2.75) is 0 Å². The molecule has 0 saturated heterocycles. The second kappa shape index (κ2) is 24.7. The van der Waals surface area contributed by atoms with E-state index in [1.165, 1.54) is 37.9 Å². The number of hydrogen-bond acceptors (Lipinski definition) is 4. The van der Waals surface area contributed by atoms with E-state index in [4.69, 9.17) is 19.9 Å². The van der Waals surface area contributed by atoms with Gasteiger partial charge in [-0.1, -0.05) is 267 Å². The van der Waals surface area contributed by atoms with Gasteiger partial charge >= 0.3 is 0 Å². The Morgan fingerprint density at radius 1 is 0.142 bits per heavy atom. The fourth-order valence-corrected chi connectivity index (χ4v) is 16.3. The summed E-state index contributed by atoms with van der Waals surface area (Å²) < 4.78 is 9.67. The topological polar surface area (TPSA) is 71.3 Å². The lowest BCUT2D eigenvalue weighted by Gasteiger charge is -2.17.